The zero-order valence-electron chi connectivity index (χ0n) is 15.8. The number of hydrogen-bond donors (Lipinski definition) is 0. The maximum atomic E-state index is 4.70. The number of aliphatic imine (C=N–C) groups is 1. The minimum Gasteiger partial charge on any atom is -0.365 e. The molecule has 1 aliphatic heterocycles. The number of allylic oxidation sites excluding steroid dienone is 1. The molecular weight excluding hydrogens is 419 g/mol. The summed E-state index contributed by atoms with van der Waals surface area (Å²) in [6, 6.07) is 10.9. The average molecular weight is 444 g/mol. The number of anilines is 1. The van der Waals surface area contributed by atoms with Crippen LogP contribution in [0, 0.1) is 17.4 Å². The van der Waals surface area contributed by atoms with Crippen LogP contribution in [0.15, 0.2) is 41.4 Å². The summed E-state index contributed by atoms with van der Waals surface area (Å²) in [4.78, 5) is 7.05. The lowest BCUT2D eigenvalue weighted by Gasteiger charge is -2.41. The van der Waals surface area contributed by atoms with Gasteiger partial charge in [0.05, 0.1) is 11.2 Å². The molecule has 0 unspecified atom stereocenters. The van der Waals surface area contributed by atoms with Crippen LogP contribution in [0.1, 0.15) is 43.0 Å². The first-order chi connectivity index (χ1) is 11.7. The second-order valence-electron chi connectivity index (χ2n) is 7.46. The molecule has 3 heteroatoms. The number of halogens is 1. The summed E-state index contributed by atoms with van der Waals surface area (Å²) < 4.78 is 1.27. The first kappa shape index (κ1) is 18.2. The van der Waals surface area contributed by atoms with Crippen LogP contribution < -0.4 is 4.90 Å². The predicted octanol–water partition coefficient (Wildman–Crippen LogP) is 6.29. The highest BCUT2D eigenvalue weighted by Gasteiger charge is 2.28. The van der Waals surface area contributed by atoms with E-state index >= 15 is 0 Å². The van der Waals surface area contributed by atoms with Crippen LogP contribution in [0.3, 0.4) is 0 Å². The van der Waals surface area contributed by atoms with Crippen molar-refractivity contribution in [3.8, 4) is 0 Å². The Labute approximate surface area is 164 Å². The van der Waals surface area contributed by atoms with E-state index in [1.165, 1.54) is 37.1 Å². The van der Waals surface area contributed by atoms with Crippen LogP contribution >= 0.6 is 22.6 Å². The molecule has 1 heterocycles. The quantitative estimate of drug-likeness (QED) is 0.393. The van der Waals surface area contributed by atoms with Crippen molar-refractivity contribution in [1.29, 1.82) is 0 Å². The summed E-state index contributed by atoms with van der Waals surface area (Å²) in [7, 11) is 2.17. The summed E-state index contributed by atoms with van der Waals surface area (Å²) in [5.74, 6) is 0. The number of nitrogens with zero attached hydrogens (tertiary/aromatic N) is 2. The largest absolute Gasteiger partial charge is 0.365 e. The molecule has 2 nitrogen and oxygen atoms in total. The first-order valence-corrected chi connectivity index (χ1v) is 9.65. The average Bonchev–Trinajstić information content (AvgIpc) is 2.54. The van der Waals surface area contributed by atoms with E-state index in [4.69, 9.17) is 4.99 Å². The zero-order chi connectivity index (χ0) is 18.4. The molecule has 25 heavy (non-hydrogen) atoms. The number of fused-ring (bicyclic) bond motifs is 1. The number of rotatable bonds is 2. The highest BCUT2D eigenvalue weighted by Crippen LogP contribution is 2.39. The van der Waals surface area contributed by atoms with Crippen molar-refractivity contribution < 1.29 is 0 Å². The predicted molar refractivity (Wildman–Crippen MR) is 118 cm³/mol. The molecule has 0 aromatic heterocycles. The molecule has 0 amide bonds. The van der Waals surface area contributed by atoms with Crippen molar-refractivity contribution >= 4 is 45.8 Å². The van der Waals surface area contributed by atoms with E-state index in [1.807, 2.05) is 6.21 Å². The first-order valence-electron chi connectivity index (χ1n) is 8.57. The van der Waals surface area contributed by atoms with E-state index in [9.17, 15) is 0 Å². The van der Waals surface area contributed by atoms with Gasteiger partial charge in [-0.15, -0.1) is 0 Å². The van der Waals surface area contributed by atoms with E-state index in [1.54, 1.807) is 0 Å². The molecular formula is C22H25IN2. The third kappa shape index (κ3) is 3.52. The molecule has 0 saturated heterocycles. The Kier molecular flexibility index (Phi) is 4.80. The van der Waals surface area contributed by atoms with Crippen LogP contribution in [-0.4, -0.2) is 18.8 Å². The van der Waals surface area contributed by atoms with Gasteiger partial charge >= 0.3 is 0 Å². The molecule has 0 radical (unpaired) electrons. The lowest BCUT2D eigenvalue weighted by atomic mass is 9.87. The smallest absolute Gasteiger partial charge is 0.0633 e. The van der Waals surface area contributed by atoms with E-state index in [0.717, 1.165) is 5.69 Å². The van der Waals surface area contributed by atoms with Crippen LogP contribution in [0.25, 0.3) is 5.57 Å². The monoisotopic (exact) mass is 444 g/mol. The Morgan fingerprint density at radius 1 is 1.04 bits per heavy atom. The lowest BCUT2D eigenvalue weighted by molar-refractivity contribution is 0.597. The molecule has 0 spiro atoms. The Balaban J connectivity index is 2.01. The fourth-order valence-corrected chi connectivity index (χ4v) is 3.65. The summed E-state index contributed by atoms with van der Waals surface area (Å²) in [6.07, 6.45) is 4.33. The van der Waals surface area contributed by atoms with Gasteiger partial charge in [0.15, 0.2) is 0 Å². The topological polar surface area (TPSA) is 15.6 Å². The van der Waals surface area contributed by atoms with Crippen molar-refractivity contribution in [3.63, 3.8) is 0 Å². The van der Waals surface area contributed by atoms with Gasteiger partial charge in [-0.05, 0) is 110 Å². The van der Waals surface area contributed by atoms with Crippen molar-refractivity contribution in [1.82, 2.24) is 0 Å². The molecule has 2 aromatic carbocycles. The molecule has 130 valence electrons. The molecule has 0 fully saturated rings. The third-order valence-corrected chi connectivity index (χ3v) is 6.31. The second-order valence-corrected chi connectivity index (χ2v) is 8.62. The maximum absolute atomic E-state index is 4.70. The molecule has 0 N–H and O–H groups in total. The van der Waals surface area contributed by atoms with Crippen LogP contribution in [0.4, 0.5) is 11.4 Å². The molecule has 1 aliphatic rings. The third-order valence-electron chi connectivity index (χ3n) is 5.10. The van der Waals surface area contributed by atoms with Crippen LogP contribution in [0.2, 0.25) is 0 Å². The van der Waals surface area contributed by atoms with Gasteiger partial charge < -0.3 is 4.90 Å². The van der Waals surface area contributed by atoms with E-state index in [-0.39, 0.29) is 5.54 Å². The number of likely N-dealkylation sites (N-methyl/N-ethyl adjacent to an activating group) is 1. The number of benzene rings is 2. The minimum absolute atomic E-state index is 0.0395. The van der Waals surface area contributed by atoms with Gasteiger partial charge in [-0.25, -0.2) is 0 Å². The van der Waals surface area contributed by atoms with Crippen molar-refractivity contribution in [2.24, 2.45) is 4.99 Å². The highest BCUT2D eigenvalue weighted by atomic mass is 127. The van der Waals surface area contributed by atoms with E-state index in [2.05, 4.69) is 106 Å². The second kappa shape index (κ2) is 6.60. The van der Waals surface area contributed by atoms with Gasteiger partial charge in [0.2, 0.25) is 0 Å². The van der Waals surface area contributed by atoms with E-state index < -0.39 is 0 Å². The molecule has 0 bridgehead atoms. The fraction of sp³-hybridized carbons (Fsp3) is 0.318. The normalized spacial score (nSPS) is 16.1. The van der Waals surface area contributed by atoms with Gasteiger partial charge in [-0.2, -0.15) is 0 Å². The number of aryl methyl sites for hydroxylation is 2. The van der Waals surface area contributed by atoms with Crippen molar-refractivity contribution in [3.05, 3.63) is 62.2 Å². The maximum Gasteiger partial charge on any atom is 0.0633 e. The molecule has 2 aromatic rings. The van der Waals surface area contributed by atoms with Gasteiger partial charge in [0, 0.05) is 28.1 Å². The van der Waals surface area contributed by atoms with Crippen LogP contribution in [0.5, 0.6) is 0 Å². The molecule has 3 rings (SSSR count). The van der Waals surface area contributed by atoms with Crippen molar-refractivity contribution in [2.75, 3.05) is 11.9 Å². The molecule has 0 saturated carbocycles. The van der Waals surface area contributed by atoms with Crippen LogP contribution in [-0.2, 0) is 0 Å². The van der Waals surface area contributed by atoms with Crippen molar-refractivity contribution in [2.45, 2.75) is 40.2 Å². The fourth-order valence-electron chi connectivity index (χ4n) is 3.31. The lowest BCUT2D eigenvalue weighted by Crippen LogP contribution is -2.42. The summed E-state index contributed by atoms with van der Waals surface area (Å²) >= 11 is 2.35. The standard InChI is InChI=1S/C22H25IN2/c1-14-10-21-19(16(3)12-22(4,5)25(21)6)11-17(14)13-24-18-7-8-20(23)15(2)9-18/h7-13H,1-6H3. The van der Waals surface area contributed by atoms with Gasteiger partial charge in [0.25, 0.3) is 0 Å². The highest BCUT2D eigenvalue weighted by molar-refractivity contribution is 14.1. The Hall–Kier alpha value is -1.62. The summed E-state index contributed by atoms with van der Waals surface area (Å²) in [5, 5.41) is 0. The number of hydrogen-bond acceptors (Lipinski definition) is 2. The Morgan fingerprint density at radius 3 is 2.44 bits per heavy atom. The molecule has 0 aliphatic carbocycles. The minimum atomic E-state index is 0.0395. The SMILES string of the molecule is CC1=CC(C)(C)N(C)c2cc(C)c(C=Nc3ccc(I)c(C)c3)cc21. The molecule has 0 atom stereocenters. The Morgan fingerprint density at radius 2 is 1.76 bits per heavy atom. The summed E-state index contributed by atoms with van der Waals surface area (Å²) in [5.41, 5.74) is 8.66. The zero-order valence-corrected chi connectivity index (χ0v) is 18.0. The van der Waals surface area contributed by atoms with E-state index in [0.29, 0.717) is 0 Å². The van der Waals surface area contributed by atoms with Gasteiger partial charge in [-0.3, -0.25) is 4.99 Å². The van der Waals surface area contributed by atoms with Gasteiger partial charge in [-0.1, -0.05) is 6.08 Å². The summed E-state index contributed by atoms with van der Waals surface area (Å²) in [6.45, 7) is 11.0. The van der Waals surface area contributed by atoms with Gasteiger partial charge in [0.1, 0.15) is 0 Å². The Bertz CT molecular complexity index is 891.